The number of nitrogens with one attached hydrogen (secondary N) is 2. The molecular weight excluding hydrogens is 302 g/mol. The number of nitrogens with zero attached hydrogens (tertiary/aromatic N) is 1. The van der Waals surface area contributed by atoms with Crippen LogP contribution in [-0.4, -0.2) is 36.3 Å². The van der Waals surface area contributed by atoms with Gasteiger partial charge in [-0.05, 0) is 61.9 Å². The molecule has 4 rings (SSSR count). The van der Waals surface area contributed by atoms with Gasteiger partial charge >= 0.3 is 0 Å². The molecule has 0 radical (unpaired) electrons. The van der Waals surface area contributed by atoms with Gasteiger partial charge in [-0.1, -0.05) is 12.1 Å². The summed E-state index contributed by atoms with van der Waals surface area (Å²) in [7, 11) is 0. The molecule has 1 aliphatic carbocycles. The van der Waals surface area contributed by atoms with Crippen molar-refractivity contribution in [1.82, 2.24) is 10.2 Å². The highest BCUT2D eigenvalue weighted by molar-refractivity contribution is 5.95. The first kappa shape index (κ1) is 15.6. The maximum Gasteiger partial charge on any atom is 0.228 e. The molecule has 1 aromatic carbocycles. The number of carbonyl (C=O) groups is 2. The molecule has 0 aromatic heterocycles. The first-order valence-electron chi connectivity index (χ1n) is 9.05. The van der Waals surface area contributed by atoms with Crippen LogP contribution in [-0.2, 0) is 16.1 Å². The molecule has 3 fully saturated rings. The molecule has 2 aliphatic heterocycles. The van der Waals surface area contributed by atoms with Gasteiger partial charge in [0.25, 0.3) is 0 Å². The van der Waals surface area contributed by atoms with Crippen molar-refractivity contribution in [3.63, 3.8) is 0 Å². The van der Waals surface area contributed by atoms with Crippen LogP contribution in [0.2, 0.25) is 0 Å². The van der Waals surface area contributed by atoms with Gasteiger partial charge in [0.15, 0.2) is 0 Å². The molecule has 1 unspecified atom stereocenters. The molecule has 2 amide bonds. The average molecular weight is 327 g/mol. The van der Waals surface area contributed by atoms with Crippen LogP contribution < -0.4 is 10.6 Å². The molecule has 1 aromatic rings. The van der Waals surface area contributed by atoms with E-state index in [4.69, 9.17) is 0 Å². The molecule has 1 spiro atoms. The van der Waals surface area contributed by atoms with Crippen molar-refractivity contribution in [2.45, 2.75) is 38.6 Å². The highest BCUT2D eigenvalue weighted by Gasteiger charge is 2.57. The Morgan fingerprint density at radius 2 is 2.00 bits per heavy atom. The second-order valence-corrected chi connectivity index (χ2v) is 7.47. The van der Waals surface area contributed by atoms with E-state index in [2.05, 4.69) is 10.6 Å². The van der Waals surface area contributed by atoms with Crippen LogP contribution in [0.15, 0.2) is 24.3 Å². The van der Waals surface area contributed by atoms with Gasteiger partial charge in [0.1, 0.15) is 0 Å². The van der Waals surface area contributed by atoms with Crippen molar-refractivity contribution in [3.8, 4) is 0 Å². The van der Waals surface area contributed by atoms with E-state index in [1.165, 1.54) is 0 Å². The number of hydrogen-bond acceptors (Lipinski definition) is 3. The number of likely N-dealkylation sites (tertiary alicyclic amines) is 1. The van der Waals surface area contributed by atoms with Gasteiger partial charge in [-0.3, -0.25) is 9.59 Å². The molecule has 128 valence electrons. The smallest absolute Gasteiger partial charge is 0.228 e. The number of hydrogen-bond donors (Lipinski definition) is 2. The van der Waals surface area contributed by atoms with E-state index in [0.717, 1.165) is 56.6 Å². The molecule has 5 heteroatoms. The summed E-state index contributed by atoms with van der Waals surface area (Å²) < 4.78 is 0. The van der Waals surface area contributed by atoms with Gasteiger partial charge in [-0.2, -0.15) is 0 Å². The van der Waals surface area contributed by atoms with Crippen LogP contribution in [0.1, 0.15) is 37.7 Å². The van der Waals surface area contributed by atoms with E-state index < -0.39 is 0 Å². The van der Waals surface area contributed by atoms with Gasteiger partial charge in [-0.15, -0.1) is 0 Å². The average Bonchev–Trinajstić information content (AvgIpc) is 3.13. The van der Waals surface area contributed by atoms with Gasteiger partial charge < -0.3 is 15.5 Å². The Morgan fingerprint density at radius 1 is 1.25 bits per heavy atom. The molecule has 24 heavy (non-hydrogen) atoms. The predicted octanol–water partition coefficient (Wildman–Crippen LogP) is 2.14. The predicted molar refractivity (Wildman–Crippen MR) is 92.4 cm³/mol. The van der Waals surface area contributed by atoms with E-state index in [1.807, 2.05) is 29.2 Å². The van der Waals surface area contributed by atoms with E-state index in [-0.39, 0.29) is 23.1 Å². The van der Waals surface area contributed by atoms with E-state index >= 15 is 0 Å². The van der Waals surface area contributed by atoms with Gasteiger partial charge in [0.05, 0.1) is 0 Å². The van der Waals surface area contributed by atoms with Gasteiger partial charge in [-0.25, -0.2) is 0 Å². The third-order valence-electron chi connectivity index (χ3n) is 5.87. The first-order valence-corrected chi connectivity index (χ1v) is 9.05. The lowest BCUT2D eigenvalue weighted by molar-refractivity contribution is -0.128. The highest BCUT2D eigenvalue weighted by atomic mass is 16.2. The summed E-state index contributed by atoms with van der Waals surface area (Å²) >= 11 is 0. The van der Waals surface area contributed by atoms with Crippen LogP contribution in [0.4, 0.5) is 5.69 Å². The maximum atomic E-state index is 12.5. The van der Waals surface area contributed by atoms with Crippen molar-refractivity contribution < 1.29 is 9.59 Å². The SMILES string of the molecule is O=C(Nc1ccc(CN2CCCC2=O)cc1)C1CC12CCNCC2. The van der Waals surface area contributed by atoms with E-state index in [9.17, 15) is 9.59 Å². The third-order valence-corrected chi connectivity index (χ3v) is 5.87. The highest BCUT2D eigenvalue weighted by Crippen LogP contribution is 2.58. The fourth-order valence-electron chi connectivity index (χ4n) is 4.21. The first-order chi connectivity index (χ1) is 11.7. The molecule has 0 bridgehead atoms. The van der Waals surface area contributed by atoms with Crippen LogP contribution >= 0.6 is 0 Å². The summed E-state index contributed by atoms with van der Waals surface area (Å²) in [6.07, 6.45) is 4.91. The standard InChI is InChI=1S/C19H25N3O2/c23-17-2-1-11-22(17)13-14-3-5-15(6-4-14)21-18(24)16-12-19(16)7-9-20-10-8-19/h3-6,16,20H,1-2,7-13H2,(H,21,24). The van der Waals surface area contributed by atoms with Crippen LogP contribution in [0.3, 0.4) is 0 Å². The lowest BCUT2D eigenvalue weighted by atomic mass is 9.92. The minimum absolute atomic E-state index is 0.166. The molecule has 1 atom stereocenters. The van der Waals surface area contributed by atoms with Crippen molar-refractivity contribution in [2.24, 2.45) is 11.3 Å². The molecule has 3 aliphatic rings. The topological polar surface area (TPSA) is 61.4 Å². The number of benzene rings is 1. The van der Waals surface area contributed by atoms with Crippen molar-refractivity contribution in [1.29, 1.82) is 0 Å². The molecule has 2 N–H and O–H groups in total. The fraction of sp³-hybridized carbons (Fsp3) is 0.579. The van der Waals surface area contributed by atoms with Crippen molar-refractivity contribution in [3.05, 3.63) is 29.8 Å². The monoisotopic (exact) mass is 327 g/mol. The fourth-order valence-corrected chi connectivity index (χ4v) is 4.21. The number of piperidine rings is 1. The minimum Gasteiger partial charge on any atom is -0.338 e. The second kappa shape index (κ2) is 6.20. The van der Waals surface area contributed by atoms with Gasteiger partial charge in [0.2, 0.25) is 11.8 Å². The van der Waals surface area contributed by atoms with Gasteiger partial charge in [0, 0.05) is 31.1 Å². The number of amides is 2. The van der Waals surface area contributed by atoms with Crippen molar-refractivity contribution in [2.75, 3.05) is 25.0 Å². The number of carbonyl (C=O) groups excluding carboxylic acids is 2. The molecular formula is C19H25N3O2. The normalized spacial score (nSPS) is 25.1. The lowest BCUT2D eigenvalue weighted by Gasteiger charge is -2.23. The van der Waals surface area contributed by atoms with E-state index in [0.29, 0.717) is 13.0 Å². The van der Waals surface area contributed by atoms with Crippen LogP contribution in [0.25, 0.3) is 0 Å². The Bertz CT molecular complexity index is 635. The minimum atomic E-state index is 0.166. The maximum absolute atomic E-state index is 12.5. The quantitative estimate of drug-likeness (QED) is 0.891. The second-order valence-electron chi connectivity index (χ2n) is 7.47. The Morgan fingerprint density at radius 3 is 2.67 bits per heavy atom. The Labute approximate surface area is 142 Å². The third kappa shape index (κ3) is 3.05. The largest absolute Gasteiger partial charge is 0.338 e. The Kier molecular flexibility index (Phi) is 4.04. The summed E-state index contributed by atoms with van der Waals surface area (Å²) in [4.78, 5) is 26.1. The zero-order valence-electron chi connectivity index (χ0n) is 14.0. The lowest BCUT2D eigenvalue weighted by Crippen LogP contribution is -2.31. The summed E-state index contributed by atoms with van der Waals surface area (Å²) in [5.74, 6) is 0.592. The Hall–Kier alpha value is -1.88. The zero-order chi connectivity index (χ0) is 16.6. The van der Waals surface area contributed by atoms with Crippen molar-refractivity contribution >= 4 is 17.5 Å². The summed E-state index contributed by atoms with van der Waals surface area (Å²) in [6.45, 7) is 3.60. The molecule has 5 nitrogen and oxygen atoms in total. The number of anilines is 1. The number of rotatable bonds is 4. The molecule has 2 heterocycles. The van der Waals surface area contributed by atoms with E-state index in [1.54, 1.807) is 0 Å². The molecule has 1 saturated carbocycles. The van der Waals surface area contributed by atoms with Crippen LogP contribution in [0.5, 0.6) is 0 Å². The summed E-state index contributed by atoms with van der Waals surface area (Å²) in [6, 6.07) is 7.92. The summed E-state index contributed by atoms with van der Waals surface area (Å²) in [5, 5.41) is 6.43. The Balaban J connectivity index is 1.32. The van der Waals surface area contributed by atoms with Crippen LogP contribution in [0, 0.1) is 11.3 Å². The zero-order valence-corrected chi connectivity index (χ0v) is 14.0. The molecule has 2 saturated heterocycles. The summed E-state index contributed by atoms with van der Waals surface area (Å²) in [5.41, 5.74) is 2.24.